The number of piperidine rings is 1. The van der Waals surface area contributed by atoms with Gasteiger partial charge in [-0.15, -0.1) is 0 Å². The van der Waals surface area contributed by atoms with Gasteiger partial charge in [-0.1, -0.05) is 19.8 Å². The molecule has 2 nitrogen and oxygen atoms in total. The van der Waals surface area contributed by atoms with Gasteiger partial charge in [0.05, 0.1) is 0 Å². The zero-order valence-corrected chi connectivity index (χ0v) is 9.41. The highest BCUT2D eigenvalue weighted by Gasteiger charge is 2.33. The third kappa shape index (κ3) is 1.96. The van der Waals surface area contributed by atoms with Crippen LogP contribution in [0.2, 0.25) is 0 Å². The van der Waals surface area contributed by atoms with E-state index in [9.17, 15) is 0 Å². The summed E-state index contributed by atoms with van der Waals surface area (Å²) in [5.74, 6) is 0. The van der Waals surface area contributed by atoms with Gasteiger partial charge in [0.1, 0.15) is 0 Å². The molecule has 2 fully saturated rings. The highest BCUT2D eigenvalue weighted by atomic mass is 15.2. The SMILES string of the molecule is CCC1CCCCN1C1CCCC1N. The molecule has 2 aliphatic rings. The summed E-state index contributed by atoms with van der Waals surface area (Å²) >= 11 is 0. The second-order valence-corrected chi connectivity index (χ2v) is 4.96. The molecular weight excluding hydrogens is 172 g/mol. The monoisotopic (exact) mass is 196 g/mol. The molecule has 0 amide bonds. The smallest absolute Gasteiger partial charge is 0.0250 e. The maximum Gasteiger partial charge on any atom is 0.0250 e. The predicted octanol–water partition coefficient (Wildman–Crippen LogP) is 2.13. The Morgan fingerprint density at radius 1 is 1.14 bits per heavy atom. The summed E-state index contributed by atoms with van der Waals surface area (Å²) in [5, 5.41) is 0. The topological polar surface area (TPSA) is 29.3 Å². The van der Waals surface area contributed by atoms with E-state index >= 15 is 0 Å². The molecule has 14 heavy (non-hydrogen) atoms. The molecule has 1 aliphatic carbocycles. The van der Waals surface area contributed by atoms with E-state index in [1.807, 2.05) is 0 Å². The molecule has 0 aromatic heterocycles. The Bertz CT molecular complexity index is 181. The van der Waals surface area contributed by atoms with Crippen molar-refractivity contribution in [1.82, 2.24) is 4.90 Å². The fraction of sp³-hybridized carbons (Fsp3) is 1.00. The fourth-order valence-corrected chi connectivity index (χ4v) is 3.28. The van der Waals surface area contributed by atoms with Crippen LogP contribution in [0.5, 0.6) is 0 Å². The molecule has 0 bridgehead atoms. The van der Waals surface area contributed by atoms with E-state index in [-0.39, 0.29) is 0 Å². The van der Waals surface area contributed by atoms with Crippen molar-refractivity contribution >= 4 is 0 Å². The van der Waals surface area contributed by atoms with Crippen molar-refractivity contribution in [1.29, 1.82) is 0 Å². The van der Waals surface area contributed by atoms with Crippen LogP contribution in [0.15, 0.2) is 0 Å². The predicted molar refractivity (Wildman–Crippen MR) is 60.3 cm³/mol. The number of likely N-dealkylation sites (tertiary alicyclic amines) is 1. The lowest BCUT2D eigenvalue weighted by Gasteiger charge is -2.41. The number of nitrogens with zero attached hydrogens (tertiary/aromatic N) is 1. The van der Waals surface area contributed by atoms with Crippen LogP contribution >= 0.6 is 0 Å². The Balaban J connectivity index is 1.99. The summed E-state index contributed by atoms with van der Waals surface area (Å²) in [6.07, 6.45) is 9.47. The summed E-state index contributed by atoms with van der Waals surface area (Å²) < 4.78 is 0. The van der Waals surface area contributed by atoms with Gasteiger partial charge < -0.3 is 5.73 Å². The molecule has 2 N–H and O–H groups in total. The van der Waals surface area contributed by atoms with Crippen LogP contribution in [0.3, 0.4) is 0 Å². The van der Waals surface area contributed by atoms with Crippen LogP contribution in [0.25, 0.3) is 0 Å². The van der Waals surface area contributed by atoms with Gasteiger partial charge in [0.25, 0.3) is 0 Å². The van der Waals surface area contributed by atoms with E-state index in [0.717, 1.165) is 6.04 Å². The minimum atomic E-state index is 0.460. The summed E-state index contributed by atoms with van der Waals surface area (Å²) in [6, 6.07) is 2.00. The molecule has 3 unspecified atom stereocenters. The van der Waals surface area contributed by atoms with Crippen molar-refractivity contribution in [3.8, 4) is 0 Å². The maximum absolute atomic E-state index is 6.19. The molecule has 0 aromatic carbocycles. The molecule has 1 heterocycles. The first-order valence-corrected chi connectivity index (χ1v) is 6.34. The lowest BCUT2D eigenvalue weighted by molar-refractivity contribution is 0.0865. The highest BCUT2D eigenvalue weighted by molar-refractivity contribution is 4.92. The molecule has 0 aromatic rings. The molecule has 82 valence electrons. The van der Waals surface area contributed by atoms with Gasteiger partial charge >= 0.3 is 0 Å². The summed E-state index contributed by atoms with van der Waals surface area (Å²) in [5.41, 5.74) is 6.19. The van der Waals surface area contributed by atoms with E-state index in [2.05, 4.69) is 11.8 Å². The van der Waals surface area contributed by atoms with E-state index in [0.29, 0.717) is 12.1 Å². The van der Waals surface area contributed by atoms with Gasteiger partial charge in [-0.25, -0.2) is 0 Å². The molecule has 2 rings (SSSR count). The zero-order valence-electron chi connectivity index (χ0n) is 9.41. The van der Waals surface area contributed by atoms with E-state index < -0.39 is 0 Å². The van der Waals surface area contributed by atoms with E-state index in [1.165, 1.54) is 51.5 Å². The van der Waals surface area contributed by atoms with Crippen molar-refractivity contribution in [2.75, 3.05) is 6.54 Å². The molecule has 1 aliphatic heterocycles. The Labute approximate surface area is 87.8 Å². The second-order valence-electron chi connectivity index (χ2n) is 4.96. The first kappa shape index (κ1) is 10.4. The average molecular weight is 196 g/mol. The third-order valence-electron chi connectivity index (χ3n) is 4.10. The summed E-state index contributed by atoms with van der Waals surface area (Å²) in [7, 11) is 0. The number of hydrogen-bond acceptors (Lipinski definition) is 2. The normalized spacial score (nSPS) is 40.3. The molecule has 0 spiro atoms. The van der Waals surface area contributed by atoms with Crippen LogP contribution in [0.1, 0.15) is 51.9 Å². The lowest BCUT2D eigenvalue weighted by Crippen LogP contribution is -2.51. The van der Waals surface area contributed by atoms with Gasteiger partial charge in [-0.3, -0.25) is 4.90 Å². The van der Waals surface area contributed by atoms with Crippen molar-refractivity contribution in [3.05, 3.63) is 0 Å². The van der Waals surface area contributed by atoms with Gasteiger partial charge in [-0.05, 0) is 38.6 Å². The first-order chi connectivity index (χ1) is 6.83. The molecule has 3 atom stereocenters. The van der Waals surface area contributed by atoms with Gasteiger partial charge in [0.2, 0.25) is 0 Å². The molecule has 1 saturated carbocycles. The zero-order chi connectivity index (χ0) is 9.97. The van der Waals surface area contributed by atoms with E-state index in [1.54, 1.807) is 0 Å². The van der Waals surface area contributed by atoms with Crippen LogP contribution in [-0.4, -0.2) is 29.6 Å². The number of nitrogens with two attached hydrogens (primary N) is 1. The Morgan fingerprint density at radius 3 is 2.64 bits per heavy atom. The third-order valence-corrected chi connectivity index (χ3v) is 4.10. The summed E-state index contributed by atoms with van der Waals surface area (Å²) in [4.78, 5) is 2.72. The van der Waals surface area contributed by atoms with Crippen molar-refractivity contribution < 1.29 is 0 Å². The number of rotatable bonds is 2. The second kappa shape index (κ2) is 4.63. The van der Waals surface area contributed by atoms with Crippen LogP contribution in [-0.2, 0) is 0 Å². The quantitative estimate of drug-likeness (QED) is 0.733. The van der Waals surface area contributed by atoms with E-state index in [4.69, 9.17) is 5.73 Å². The lowest BCUT2D eigenvalue weighted by atomic mass is 9.96. The fourth-order valence-electron chi connectivity index (χ4n) is 3.28. The first-order valence-electron chi connectivity index (χ1n) is 6.34. The molecule has 1 saturated heterocycles. The summed E-state index contributed by atoms with van der Waals surface area (Å²) in [6.45, 7) is 3.63. The van der Waals surface area contributed by atoms with Crippen molar-refractivity contribution in [2.45, 2.75) is 70.0 Å². The largest absolute Gasteiger partial charge is 0.326 e. The number of hydrogen-bond donors (Lipinski definition) is 1. The van der Waals surface area contributed by atoms with Gasteiger partial charge in [-0.2, -0.15) is 0 Å². The van der Waals surface area contributed by atoms with Crippen LogP contribution < -0.4 is 5.73 Å². The Kier molecular flexibility index (Phi) is 3.45. The standard InChI is InChI=1S/C12H24N2/c1-2-10-6-3-4-9-14(10)12-8-5-7-11(12)13/h10-12H,2-9,13H2,1H3. The highest BCUT2D eigenvalue weighted by Crippen LogP contribution is 2.29. The Morgan fingerprint density at radius 2 is 2.00 bits per heavy atom. The van der Waals surface area contributed by atoms with Crippen LogP contribution in [0.4, 0.5) is 0 Å². The molecule has 2 heteroatoms. The molecular formula is C12H24N2. The molecule has 0 radical (unpaired) electrons. The van der Waals surface area contributed by atoms with Crippen molar-refractivity contribution in [2.24, 2.45) is 5.73 Å². The van der Waals surface area contributed by atoms with Gasteiger partial charge in [0, 0.05) is 18.1 Å². The minimum absolute atomic E-state index is 0.460. The van der Waals surface area contributed by atoms with Crippen molar-refractivity contribution in [3.63, 3.8) is 0 Å². The maximum atomic E-state index is 6.19. The average Bonchev–Trinajstić information content (AvgIpc) is 2.64. The van der Waals surface area contributed by atoms with Gasteiger partial charge in [0.15, 0.2) is 0 Å². The van der Waals surface area contributed by atoms with Crippen LogP contribution in [0, 0.1) is 0 Å². The minimum Gasteiger partial charge on any atom is -0.326 e. The Hall–Kier alpha value is -0.0800.